The second-order valence-electron chi connectivity index (χ2n) is 4.54. The van der Waals surface area contributed by atoms with Crippen LogP contribution in [0.2, 0.25) is 6.04 Å². The summed E-state index contributed by atoms with van der Waals surface area (Å²) in [7, 11) is -1.33. The van der Waals surface area contributed by atoms with Crippen LogP contribution in [0.25, 0.3) is 0 Å². The van der Waals surface area contributed by atoms with E-state index in [9.17, 15) is 0 Å². The fourth-order valence-corrected chi connectivity index (χ4v) is 3.41. The average Bonchev–Trinajstić information content (AvgIpc) is 2.15. The van der Waals surface area contributed by atoms with E-state index in [0.29, 0.717) is 5.41 Å². The first-order valence-corrected chi connectivity index (χ1v) is 7.44. The minimum Gasteiger partial charge on any atom is -0.397 e. The summed E-state index contributed by atoms with van der Waals surface area (Å²) in [6, 6.07) is 1.13. The summed E-state index contributed by atoms with van der Waals surface area (Å²) in [6.45, 7) is 12.4. The Morgan fingerprint density at radius 3 is 1.81 bits per heavy atom. The molecule has 0 rings (SSSR count). The standard InChI is InChI=1S/C10H24O2Si.CHNO/c1-6-11-13(12-7-2)9-8-10(3,4)5;2-1-3/h13H,6-9H2,1-5H3;2H. The van der Waals surface area contributed by atoms with Crippen molar-refractivity contribution in [1.82, 2.24) is 0 Å². The maximum absolute atomic E-state index is 8.35. The summed E-state index contributed by atoms with van der Waals surface area (Å²) in [5.74, 6) is 0. The summed E-state index contributed by atoms with van der Waals surface area (Å²) >= 11 is 0. The van der Waals surface area contributed by atoms with Gasteiger partial charge in [-0.25, -0.2) is 10.2 Å². The molecule has 0 aliphatic carbocycles. The highest BCUT2D eigenvalue weighted by molar-refractivity contribution is 6.44. The Kier molecular flexibility index (Phi) is 12.3. The lowest BCUT2D eigenvalue weighted by atomic mass is 9.94. The van der Waals surface area contributed by atoms with E-state index < -0.39 is 9.28 Å². The van der Waals surface area contributed by atoms with Crippen LogP contribution < -0.4 is 0 Å². The topological polar surface area (TPSA) is 59.4 Å². The predicted octanol–water partition coefficient (Wildman–Crippen LogP) is 2.62. The molecule has 0 atom stereocenters. The van der Waals surface area contributed by atoms with Crippen molar-refractivity contribution in [2.45, 2.75) is 47.1 Å². The summed E-state index contributed by atoms with van der Waals surface area (Å²) in [5, 5.41) is 5.40. The molecule has 0 bridgehead atoms. The van der Waals surface area contributed by atoms with Crippen molar-refractivity contribution in [3.05, 3.63) is 0 Å². The highest BCUT2D eigenvalue weighted by Gasteiger charge is 2.17. The average molecular weight is 247 g/mol. The monoisotopic (exact) mass is 247 g/mol. The van der Waals surface area contributed by atoms with Crippen molar-refractivity contribution in [2.75, 3.05) is 13.2 Å². The smallest absolute Gasteiger partial charge is 0.321 e. The van der Waals surface area contributed by atoms with Gasteiger partial charge in [-0.2, -0.15) is 0 Å². The number of isocyanates is 1. The Morgan fingerprint density at radius 1 is 1.19 bits per heavy atom. The predicted molar refractivity (Wildman–Crippen MR) is 67.7 cm³/mol. The van der Waals surface area contributed by atoms with E-state index in [4.69, 9.17) is 19.1 Å². The van der Waals surface area contributed by atoms with Gasteiger partial charge in [0.05, 0.1) is 0 Å². The Bertz CT molecular complexity index is 180. The van der Waals surface area contributed by atoms with Gasteiger partial charge in [-0.1, -0.05) is 20.8 Å². The SMILES string of the molecule is CCO[SiH](CCC(C)(C)C)OCC.N=C=O. The Hall–Kier alpha value is -0.483. The third kappa shape index (κ3) is 16.0. The largest absolute Gasteiger partial charge is 0.397 e. The number of carbonyl (C=O) groups excluding carboxylic acids is 1. The van der Waals surface area contributed by atoms with Crippen LogP contribution in [0.3, 0.4) is 0 Å². The molecule has 0 spiro atoms. The third-order valence-electron chi connectivity index (χ3n) is 1.84. The Morgan fingerprint density at radius 2 is 1.56 bits per heavy atom. The second kappa shape index (κ2) is 11.0. The normalized spacial score (nSPS) is 10.6. The van der Waals surface area contributed by atoms with Crippen LogP contribution in [0.1, 0.15) is 41.0 Å². The van der Waals surface area contributed by atoms with E-state index in [1.165, 1.54) is 6.42 Å². The molecular formula is C11H25NO3Si. The van der Waals surface area contributed by atoms with Gasteiger partial charge in [0.2, 0.25) is 6.08 Å². The van der Waals surface area contributed by atoms with E-state index >= 15 is 0 Å². The first kappa shape index (κ1) is 17.9. The minimum atomic E-state index is -1.33. The summed E-state index contributed by atoms with van der Waals surface area (Å²) < 4.78 is 11.2. The van der Waals surface area contributed by atoms with Crippen molar-refractivity contribution < 1.29 is 13.6 Å². The Labute approximate surface area is 101 Å². The van der Waals surface area contributed by atoms with Gasteiger partial charge in [0.15, 0.2) is 0 Å². The molecule has 0 aromatic carbocycles. The molecule has 0 fully saturated rings. The zero-order chi connectivity index (χ0) is 13.0. The van der Waals surface area contributed by atoms with Crippen molar-refractivity contribution >= 4 is 15.4 Å². The van der Waals surface area contributed by atoms with Crippen LogP contribution in [-0.4, -0.2) is 28.6 Å². The number of hydrogen-bond donors (Lipinski definition) is 1. The fourth-order valence-electron chi connectivity index (χ4n) is 1.14. The molecule has 0 heterocycles. The molecule has 16 heavy (non-hydrogen) atoms. The minimum absolute atomic E-state index is 0.402. The molecular weight excluding hydrogens is 222 g/mol. The highest BCUT2D eigenvalue weighted by atomic mass is 28.3. The van der Waals surface area contributed by atoms with E-state index in [0.717, 1.165) is 25.3 Å². The van der Waals surface area contributed by atoms with Crippen molar-refractivity contribution in [3.8, 4) is 0 Å². The maximum Gasteiger partial charge on any atom is 0.321 e. The van der Waals surface area contributed by atoms with Crippen LogP contribution >= 0.6 is 0 Å². The van der Waals surface area contributed by atoms with Gasteiger partial charge in [-0.15, -0.1) is 0 Å². The third-order valence-corrected chi connectivity index (χ3v) is 4.01. The molecule has 0 amide bonds. The van der Waals surface area contributed by atoms with Gasteiger partial charge in [0.25, 0.3) is 0 Å². The fraction of sp³-hybridized carbons (Fsp3) is 0.909. The van der Waals surface area contributed by atoms with E-state index in [-0.39, 0.29) is 0 Å². The first-order chi connectivity index (χ1) is 7.41. The van der Waals surface area contributed by atoms with Crippen molar-refractivity contribution in [3.63, 3.8) is 0 Å². The zero-order valence-corrected chi connectivity index (χ0v) is 12.3. The molecule has 0 aromatic heterocycles. The van der Waals surface area contributed by atoms with Gasteiger partial charge >= 0.3 is 9.28 Å². The lowest BCUT2D eigenvalue weighted by molar-refractivity contribution is 0.208. The molecule has 0 saturated heterocycles. The molecule has 0 saturated carbocycles. The van der Waals surface area contributed by atoms with Crippen LogP contribution in [0.15, 0.2) is 0 Å². The molecule has 5 heteroatoms. The van der Waals surface area contributed by atoms with E-state index in [1.54, 1.807) is 0 Å². The summed E-state index contributed by atoms with van der Waals surface area (Å²) in [6.07, 6.45) is 1.95. The van der Waals surface area contributed by atoms with Gasteiger partial charge in [-0.05, 0) is 31.7 Å². The van der Waals surface area contributed by atoms with E-state index in [2.05, 4.69) is 20.8 Å². The van der Waals surface area contributed by atoms with Crippen molar-refractivity contribution in [1.29, 1.82) is 5.41 Å². The first-order valence-electron chi connectivity index (χ1n) is 5.68. The van der Waals surface area contributed by atoms with Gasteiger partial charge in [0.1, 0.15) is 0 Å². The lowest BCUT2D eigenvalue weighted by Gasteiger charge is -2.21. The lowest BCUT2D eigenvalue weighted by Crippen LogP contribution is -2.24. The van der Waals surface area contributed by atoms with Crippen LogP contribution in [0, 0.1) is 10.8 Å². The highest BCUT2D eigenvalue weighted by Crippen LogP contribution is 2.22. The second-order valence-corrected chi connectivity index (χ2v) is 6.64. The molecule has 1 N–H and O–H groups in total. The molecule has 96 valence electrons. The molecule has 0 radical (unpaired) electrons. The molecule has 0 aliphatic rings. The van der Waals surface area contributed by atoms with Crippen LogP contribution in [-0.2, 0) is 13.6 Å². The number of hydrogen-bond acceptors (Lipinski definition) is 4. The summed E-state index contributed by atoms with van der Waals surface area (Å²) in [4.78, 5) is 8.35. The summed E-state index contributed by atoms with van der Waals surface area (Å²) in [5.41, 5.74) is 0.402. The quantitative estimate of drug-likeness (QED) is 0.446. The van der Waals surface area contributed by atoms with Gasteiger partial charge < -0.3 is 8.85 Å². The molecule has 4 nitrogen and oxygen atoms in total. The Balaban J connectivity index is 0. The zero-order valence-electron chi connectivity index (χ0n) is 11.1. The van der Waals surface area contributed by atoms with E-state index in [1.807, 2.05) is 13.8 Å². The maximum atomic E-state index is 8.35. The van der Waals surface area contributed by atoms with Crippen LogP contribution in [0.5, 0.6) is 0 Å². The van der Waals surface area contributed by atoms with Crippen molar-refractivity contribution in [2.24, 2.45) is 5.41 Å². The molecule has 0 aromatic rings. The van der Waals surface area contributed by atoms with Crippen LogP contribution in [0.4, 0.5) is 0 Å². The molecule has 0 unspecified atom stereocenters. The number of nitrogens with one attached hydrogen (secondary N) is 1. The van der Waals surface area contributed by atoms with Gasteiger partial charge in [-0.3, -0.25) is 0 Å². The number of rotatable bonds is 6. The molecule has 0 aliphatic heterocycles. The van der Waals surface area contributed by atoms with Gasteiger partial charge in [0, 0.05) is 13.2 Å².